The number of amides is 2. The zero-order valence-corrected chi connectivity index (χ0v) is 12.6. The lowest BCUT2D eigenvalue weighted by Crippen LogP contribution is -2.40. The third kappa shape index (κ3) is 1.43. The number of carbonyl (C=O) groups excluding carboxylic acids is 2. The minimum Gasteiger partial charge on any atom is -0.367 e. The molecule has 3 fully saturated rings. The minimum absolute atomic E-state index is 0.182. The van der Waals surface area contributed by atoms with E-state index in [0.29, 0.717) is 10.6 Å². The average Bonchev–Trinajstić information content (AvgIpc) is 3.11. The number of hydrogen-bond acceptors (Lipinski definition) is 5. The van der Waals surface area contributed by atoms with Gasteiger partial charge in [-0.3, -0.25) is 9.59 Å². The normalized spacial score (nSPS) is 40.7. The van der Waals surface area contributed by atoms with E-state index in [-0.39, 0.29) is 11.8 Å². The highest BCUT2D eigenvalue weighted by molar-refractivity contribution is 7.11. The van der Waals surface area contributed by atoms with Gasteiger partial charge in [-0.2, -0.15) is 5.26 Å². The lowest BCUT2D eigenvalue weighted by Gasteiger charge is -2.27. The maximum atomic E-state index is 12.8. The van der Waals surface area contributed by atoms with Gasteiger partial charge in [-0.25, -0.2) is 4.90 Å². The Balaban J connectivity index is 1.79. The molecule has 3 aliphatic heterocycles. The molecule has 2 unspecified atom stereocenters. The molecule has 0 aliphatic carbocycles. The Morgan fingerprint density at radius 3 is 2.33 bits per heavy atom. The minimum atomic E-state index is -0.533. The summed E-state index contributed by atoms with van der Waals surface area (Å²) in [6.07, 6.45) is 1.62. The van der Waals surface area contributed by atoms with Crippen LogP contribution in [-0.2, 0) is 14.3 Å². The van der Waals surface area contributed by atoms with Crippen molar-refractivity contribution in [2.75, 3.05) is 4.90 Å². The van der Waals surface area contributed by atoms with Gasteiger partial charge in [-0.15, -0.1) is 11.3 Å². The van der Waals surface area contributed by atoms with Gasteiger partial charge in [0.2, 0.25) is 11.8 Å². The summed E-state index contributed by atoms with van der Waals surface area (Å²) in [5, 5.41) is 10.6. The predicted octanol–water partition coefficient (Wildman–Crippen LogP) is 2.07. The van der Waals surface area contributed by atoms with E-state index in [0.717, 1.165) is 12.8 Å². The van der Waals surface area contributed by atoms with E-state index in [1.165, 1.54) is 16.2 Å². The number of ether oxygens (including phenoxy) is 1. The van der Waals surface area contributed by atoms with Gasteiger partial charge >= 0.3 is 0 Å². The standard InChI is InChI=1S/C15H14N2O3S/c1-14-3-4-15(2,20-14)11-10(14)12(18)17(13(11)19)8-5-9(6-16)21-7-8/h5,7,10-11H,3-4H2,1-2H3/t10-,11+,14?,15?. The van der Waals surface area contributed by atoms with Crippen molar-refractivity contribution < 1.29 is 14.3 Å². The largest absolute Gasteiger partial charge is 0.367 e. The van der Waals surface area contributed by atoms with Crippen molar-refractivity contribution >= 4 is 28.8 Å². The number of nitrogens with zero attached hydrogens (tertiary/aromatic N) is 2. The number of fused-ring (bicyclic) bond motifs is 5. The average molecular weight is 302 g/mol. The lowest BCUT2D eigenvalue weighted by molar-refractivity contribution is -0.129. The van der Waals surface area contributed by atoms with Crippen LogP contribution < -0.4 is 4.90 Å². The first-order valence-corrected chi connectivity index (χ1v) is 7.84. The monoisotopic (exact) mass is 302 g/mol. The van der Waals surface area contributed by atoms with Crippen LogP contribution >= 0.6 is 11.3 Å². The van der Waals surface area contributed by atoms with E-state index in [4.69, 9.17) is 10.00 Å². The van der Waals surface area contributed by atoms with Crippen LogP contribution in [-0.4, -0.2) is 23.0 Å². The zero-order chi connectivity index (χ0) is 15.0. The summed E-state index contributed by atoms with van der Waals surface area (Å²) in [5.74, 6) is -1.15. The summed E-state index contributed by atoms with van der Waals surface area (Å²) < 4.78 is 6.05. The van der Waals surface area contributed by atoms with Crippen LogP contribution in [0, 0.1) is 23.2 Å². The van der Waals surface area contributed by atoms with E-state index in [2.05, 4.69) is 0 Å². The summed E-state index contributed by atoms with van der Waals surface area (Å²) in [4.78, 5) is 27.3. The van der Waals surface area contributed by atoms with Gasteiger partial charge in [0.1, 0.15) is 10.9 Å². The number of thiophene rings is 1. The molecule has 0 aromatic carbocycles. The molecule has 2 bridgehead atoms. The Labute approximate surface area is 126 Å². The van der Waals surface area contributed by atoms with Gasteiger partial charge in [-0.05, 0) is 32.8 Å². The van der Waals surface area contributed by atoms with Crippen molar-refractivity contribution in [1.29, 1.82) is 5.26 Å². The Bertz CT molecular complexity index is 687. The number of rotatable bonds is 1. The fraction of sp³-hybridized carbons (Fsp3) is 0.533. The maximum Gasteiger partial charge on any atom is 0.240 e. The van der Waals surface area contributed by atoms with Crippen molar-refractivity contribution in [3.8, 4) is 6.07 Å². The van der Waals surface area contributed by atoms with Crippen LogP contribution in [0.1, 0.15) is 31.6 Å². The van der Waals surface area contributed by atoms with Crippen molar-refractivity contribution in [2.45, 2.75) is 37.9 Å². The molecular formula is C15H14N2O3S. The van der Waals surface area contributed by atoms with E-state index in [1.807, 2.05) is 19.9 Å². The summed E-state index contributed by atoms with van der Waals surface area (Å²) in [6, 6.07) is 3.65. The second-order valence-corrected chi connectivity index (χ2v) is 7.39. The van der Waals surface area contributed by atoms with Gasteiger partial charge in [0, 0.05) is 5.38 Å². The third-order valence-corrected chi connectivity index (χ3v) is 5.98. The Kier molecular flexibility index (Phi) is 2.31. The van der Waals surface area contributed by atoms with Crippen LogP contribution in [0.2, 0.25) is 0 Å². The molecule has 4 atom stereocenters. The van der Waals surface area contributed by atoms with Gasteiger partial charge in [0.25, 0.3) is 0 Å². The van der Waals surface area contributed by atoms with E-state index >= 15 is 0 Å². The van der Waals surface area contributed by atoms with E-state index in [9.17, 15) is 9.59 Å². The summed E-state index contributed by atoms with van der Waals surface area (Å²) in [6.45, 7) is 3.87. The molecule has 3 aliphatic rings. The van der Waals surface area contributed by atoms with Crippen LogP contribution in [0.4, 0.5) is 5.69 Å². The molecule has 0 saturated carbocycles. The van der Waals surface area contributed by atoms with Crippen LogP contribution in [0.15, 0.2) is 11.4 Å². The first kappa shape index (κ1) is 13.0. The van der Waals surface area contributed by atoms with Crippen LogP contribution in [0.5, 0.6) is 0 Å². The molecule has 6 heteroatoms. The molecule has 3 saturated heterocycles. The SMILES string of the molecule is CC12CCC(C)(O1)[C@H]1C(=O)N(c3csc(C#N)c3)C(=O)[C@H]12. The summed E-state index contributed by atoms with van der Waals surface area (Å²) in [7, 11) is 0. The summed E-state index contributed by atoms with van der Waals surface area (Å²) >= 11 is 1.25. The molecule has 4 heterocycles. The Morgan fingerprint density at radius 2 is 1.86 bits per heavy atom. The van der Waals surface area contributed by atoms with E-state index in [1.54, 1.807) is 11.4 Å². The van der Waals surface area contributed by atoms with Crippen molar-refractivity contribution in [1.82, 2.24) is 0 Å². The third-order valence-electron chi connectivity index (χ3n) is 5.16. The molecule has 4 rings (SSSR count). The fourth-order valence-corrected chi connectivity index (χ4v) is 4.89. The first-order valence-electron chi connectivity index (χ1n) is 6.96. The second-order valence-electron chi connectivity index (χ2n) is 6.48. The topological polar surface area (TPSA) is 70.4 Å². The van der Waals surface area contributed by atoms with Crippen LogP contribution in [0.25, 0.3) is 0 Å². The highest BCUT2D eigenvalue weighted by atomic mass is 32.1. The number of carbonyl (C=O) groups is 2. The molecule has 2 amide bonds. The molecule has 1 aromatic rings. The molecule has 0 spiro atoms. The van der Waals surface area contributed by atoms with Crippen molar-refractivity contribution in [3.05, 3.63) is 16.3 Å². The molecular weight excluding hydrogens is 288 g/mol. The smallest absolute Gasteiger partial charge is 0.240 e. The van der Waals surface area contributed by atoms with E-state index < -0.39 is 23.0 Å². The highest BCUT2D eigenvalue weighted by Crippen LogP contribution is 2.60. The molecule has 1 aromatic heterocycles. The van der Waals surface area contributed by atoms with Gasteiger partial charge < -0.3 is 4.74 Å². The van der Waals surface area contributed by atoms with Crippen LogP contribution in [0.3, 0.4) is 0 Å². The number of nitriles is 1. The Morgan fingerprint density at radius 1 is 1.29 bits per heavy atom. The fourth-order valence-electron chi connectivity index (χ4n) is 4.23. The van der Waals surface area contributed by atoms with Gasteiger partial charge in [-0.1, -0.05) is 0 Å². The molecule has 0 radical (unpaired) electrons. The lowest BCUT2D eigenvalue weighted by atomic mass is 9.69. The van der Waals surface area contributed by atoms with Crippen molar-refractivity contribution in [3.63, 3.8) is 0 Å². The zero-order valence-electron chi connectivity index (χ0n) is 11.8. The molecule has 0 N–H and O–H groups in total. The molecule has 21 heavy (non-hydrogen) atoms. The van der Waals surface area contributed by atoms with Gasteiger partial charge in [0.05, 0.1) is 28.7 Å². The highest BCUT2D eigenvalue weighted by Gasteiger charge is 2.72. The first-order chi connectivity index (χ1) is 9.89. The Hall–Kier alpha value is -1.71. The number of anilines is 1. The number of imide groups is 1. The summed E-state index contributed by atoms with van der Waals surface area (Å²) in [5.41, 5.74) is -0.545. The van der Waals surface area contributed by atoms with Crippen molar-refractivity contribution in [2.24, 2.45) is 11.8 Å². The maximum absolute atomic E-state index is 12.8. The van der Waals surface area contributed by atoms with Gasteiger partial charge in [0.15, 0.2) is 0 Å². The molecule has 5 nitrogen and oxygen atoms in total. The quantitative estimate of drug-likeness (QED) is 0.745. The second kappa shape index (κ2) is 3.73. The molecule has 108 valence electrons. The predicted molar refractivity (Wildman–Crippen MR) is 75.6 cm³/mol. The number of hydrogen-bond donors (Lipinski definition) is 0.